The Bertz CT molecular complexity index is 760. The molecule has 0 aliphatic carbocycles. The minimum Gasteiger partial charge on any atom is -0.370 e. The molecule has 0 spiro atoms. The van der Waals surface area contributed by atoms with Crippen LogP contribution in [0.3, 0.4) is 0 Å². The second kappa shape index (κ2) is 9.50. The lowest BCUT2D eigenvalue weighted by Gasteiger charge is -2.05. The molecule has 0 aliphatic rings. The summed E-state index contributed by atoms with van der Waals surface area (Å²) in [5.74, 6) is -0.388. The van der Waals surface area contributed by atoms with Gasteiger partial charge in [-0.3, -0.25) is 9.78 Å². The minimum absolute atomic E-state index is 0.194. The molecule has 27 heavy (non-hydrogen) atoms. The average Bonchev–Trinajstić information content (AvgIpc) is 3.07. The van der Waals surface area contributed by atoms with Crippen molar-refractivity contribution in [3.05, 3.63) is 36.3 Å². The molecule has 0 aromatic carbocycles. The topological polar surface area (TPSA) is 123 Å². The minimum atomic E-state index is -4.42. The average molecular weight is 384 g/mol. The number of aromatic nitrogens is 4. The molecule has 9 nitrogen and oxygen atoms in total. The van der Waals surface area contributed by atoms with E-state index in [9.17, 15) is 18.0 Å². The van der Waals surface area contributed by atoms with E-state index in [-0.39, 0.29) is 11.7 Å². The van der Waals surface area contributed by atoms with Gasteiger partial charge in [0.2, 0.25) is 0 Å². The summed E-state index contributed by atoms with van der Waals surface area (Å²) in [6.07, 6.45) is 1.38. The van der Waals surface area contributed by atoms with Crippen molar-refractivity contribution in [1.82, 2.24) is 25.3 Å². The summed E-state index contributed by atoms with van der Waals surface area (Å²) in [7, 11) is 0. The fraction of sp³-hybridized carbons (Fsp3) is 0.400. The number of nitrogens with zero attached hydrogens (tertiary/aromatic N) is 5. The third-order valence-electron chi connectivity index (χ3n) is 3.22. The lowest BCUT2D eigenvalue weighted by Crippen LogP contribution is -2.25. The second-order valence-corrected chi connectivity index (χ2v) is 5.47. The predicted octanol–water partition coefficient (Wildman–Crippen LogP) is 1.17. The zero-order chi connectivity index (χ0) is 19.7. The molecule has 0 atom stereocenters. The third-order valence-corrected chi connectivity index (χ3v) is 3.22. The van der Waals surface area contributed by atoms with Gasteiger partial charge in [0.05, 0.1) is 18.3 Å². The first-order chi connectivity index (χ1) is 12.8. The van der Waals surface area contributed by atoms with Crippen molar-refractivity contribution in [3.8, 4) is 0 Å². The van der Waals surface area contributed by atoms with Crippen molar-refractivity contribution in [3.63, 3.8) is 0 Å². The Morgan fingerprint density at radius 1 is 1.30 bits per heavy atom. The fourth-order valence-electron chi connectivity index (χ4n) is 1.99. The number of guanidine groups is 1. The number of carbonyl (C=O) groups excluding carboxylic acids is 1. The molecule has 0 saturated carbocycles. The van der Waals surface area contributed by atoms with E-state index in [0.717, 1.165) is 0 Å². The maximum absolute atomic E-state index is 12.1. The zero-order valence-corrected chi connectivity index (χ0v) is 14.3. The molecule has 2 heterocycles. The third kappa shape index (κ3) is 7.71. The number of rotatable bonds is 8. The van der Waals surface area contributed by atoms with E-state index in [2.05, 4.69) is 30.8 Å². The van der Waals surface area contributed by atoms with Gasteiger partial charge >= 0.3 is 6.18 Å². The van der Waals surface area contributed by atoms with Crippen molar-refractivity contribution < 1.29 is 18.0 Å². The van der Waals surface area contributed by atoms with Gasteiger partial charge in [0.1, 0.15) is 6.54 Å². The van der Waals surface area contributed by atoms with E-state index >= 15 is 0 Å². The van der Waals surface area contributed by atoms with Gasteiger partial charge in [0, 0.05) is 18.9 Å². The molecular formula is C15H19F3N8O. The number of nitrogens with two attached hydrogens (primary N) is 1. The van der Waals surface area contributed by atoms with E-state index in [0.29, 0.717) is 31.5 Å². The Morgan fingerprint density at radius 2 is 2.11 bits per heavy atom. The van der Waals surface area contributed by atoms with E-state index in [1.54, 1.807) is 18.3 Å². The van der Waals surface area contributed by atoms with Crippen LogP contribution >= 0.6 is 0 Å². The number of pyridine rings is 1. The summed E-state index contributed by atoms with van der Waals surface area (Å²) in [5.41, 5.74) is 5.85. The van der Waals surface area contributed by atoms with Gasteiger partial charge in [-0.25, -0.2) is 4.99 Å². The summed E-state index contributed by atoms with van der Waals surface area (Å²) in [5, 5.41) is 13.2. The maximum atomic E-state index is 12.1. The van der Waals surface area contributed by atoms with Gasteiger partial charge in [-0.1, -0.05) is 0 Å². The molecule has 2 aromatic heterocycles. The first-order valence-electron chi connectivity index (χ1n) is 8.05. The lowest BCUT2D eigenvalue weighted by molar-refractivity contribution is -0.118. The highest BCUT2D eigenvalue weighted by Crippen LogP contribution is 2.14. The largest absolute Gasteiger partial charge is 0.408 e. The van der Waals surface area contributed by atoms with Crippen LogP contribution in [0.4, 0.5) is 19.0 Å². The van der Waals surface area contributed by atoms with Crippen LogP contribution in [0.25, 0.3) is 0 Å². The first kappa shape index (κ1) is 20.1. The van der Waals surface area contributed by atoms with Crippen molar-refractivity contribution >= 4 is 17.7 Å². The van der Waals surface area contributed by atoms with Crippen LogP contribution in [0, 0.1) is 0 Å². The van der Waals surface area contributed by atoms with Crippen LogP contribution in [0.1, 0.15) is 23.2 Å². The van der Waals surface area contributed by atoms with Gasteiger partial charge in [-0.15, -0.1) is 5.10 Å². The van der Waals surface area contributed by atoms with Crippen LogP contribution in [-0.4, -0.2) is 51.1 Å². The van der Waals surface area contributed by atoms with E-state index < -0.39 is 18.7 Å². The number of anilines is 1. The summed E-state index contributed by atoms with van der Waals surface area (Å²) in [6, 6.07) is 3.36. The number of amides is 1. The number of unbranched alkanes of at least 4 members (excludes halogenated alkanes) is 1. The number of hydrogen-bond acceptors (Lipinski definition) is 5. The van der Waals surface area contributed by atoms with Gasteiger partial charge in [-0.05, 0) is 25.0 Å². The maximum Gasteiger partial charge on any atom is 0.408 e. The van der Waals surface area contributed by atoms with Crippen LogP contribution in [0.2, 0.25) is 0 Å². The number of halogens is 3. The molecule has 0 aliphatic heterocycles. The molecule has 0 unspecified atom stereocenters. The van der Waals surface area contributed by atoms with Gasteiger partial charge in [-0.2, -0.15) is 23.1 Å². The SMILES string of the molecule is N/C(=N/CC(F)(F)F)Nc1cnn(CCCCNC(=O)c2cccnc2)n1. The molecule has 2 rings (SSSR count). The number of aliphatic imine (C=N–C) groups is 1. The molecule has 0 bridgehead atoms. The number of hydrogen-bond donors (Lipinski definition) is 3. The summed E-state index contributed by atoms with van der Waals surface area (Å²) in [6.45, 7) is -0.411. The molecule has 146 valence electrons. The summed E-state index contributed by atoms with van der Waals surface area (Å²) in [4.78, 5) is 20.2. The Kier molecular flexibility index (Phi) is 7.08. The van der Waals surface area contributed by atoms with Crippen molar-refractivity contribution in [1.29, 1.82) is 0 Å². The number of alkyl halides is 3. The monoisotopic (exact) mass is 384 g/mol. The number of aryl methyl sites for hydroxylation is 1. The van der Waals surface area contributed by atoms with E-state index in [4.69, 9.17) is 5.73 Å². The highest BCUT2D eigenvalue weighted by Gasteiger charge is 2.26. The van der Waals surface area contributed by atoms with Crippen molar-refractivity contribution in [2.24, 2.45) is 10.7 Å². The highest BCUT2D eigenvalue weighted by atomic mass is 19.4. The van der Waals surface area contributed by atoms with Gasteiger partial charge in [0.25, 0.3) is 5.91 Å². The Hall–Kier alpha value is -3.18. The summed E-state index contributed by atoms with van der Waals surface area (Å²) >= 11 is 0. The van der Waals surface area contributed by atoms with E-state index in [1.807, 2.05) is 0 Å². The molecule has 0 fully saturated rings. The quantitative estimate of drug-likeness (QED) is 0.357. The molecule has 4 N–H and O–H groups in total. The van der Waals surface area contributed by atoms with E-state index in [1.165, 1.54) is 17.2 Å². The molecule has 0 saturated heterocycles. The Morgan fingerprint density at radius 3 is 2.81 bits per heavy atom. The number of carbonyl (C=O) groups is 1. The predicted molar refractivity (Wildman–Crippen MR) is 92.0 cm³/mol. The molecular weight excluding hydrogens is 365 g/mol. The second-order valence-electron chi connectivity index (χ2n) is 5.47. The molecule has 1 amide bonds. The molecule has 12 heteroatoms. The fourth-order valence-corrected chi connectivity index (χ4v) is 1.99. The van der Waals surface area contributed by atoms with Crippen molar-refractivity contribution in [2.45, 2.75) is 25.6 Å². The normalized spacial score (nSPS) is 12.0. The highest BCUT2D eigenvalue weighted by molar-refractivity contribution is 5.93. The van der Waals surface area contributed by atoms with Crippen LogP contribution in [-0.2, 0) is 6.54 Å². The van der Waals surface area contributed by atoms with Crippen LogP contribution in [0.15, 0.2) is 35.7 Å². The van der Waals surface area contributed by atoms with Gasteiger partial charge in [0.15, 0.2) is 11.8 Å². The number of nitrogens with one attached hydrogen (secondary N) is 2. The van der Waals surface area contributed by atoms with Crippen LogP contribution in [0.5, 0.6) is 0 Å². The Labute approximate surface area is 152 Å². The zero-order valence-electron chi connectivity index (χ0n) is 14.3. The van der Waals surface area contributed by atoms with Gasteiger partial charge < -0.3 is 16.4 Å². The lowest BCUT2D eigenvalue weighted by atomic mass is 10.2. The van der Waals surface area contributed by atoms with Crippen LogP contribution < -0.4 is 16.4 Å². The molecule has 0 radical (unpaired) electrons. The first-order valence-corrected chi connectivity index (χ1v) is 8.05. The molecule has 2 aromatic rings. The van der Waals surface area contributed by atoms with Crippen molar-refractivity contribution in [2.75, 3.05) is 18.4 Å². The standard InChI is InChI=1S/C15H19F3N8O/c16-15(17,18)10-22-14(19)24-12-9-23-26(25-12)7-2-1-6-21-13(27)11-4-3-5-20-8-11/h3-5,8-9H,1-2,6-7,10H2,(H,21,27)(H3,19,22,24,25). The summed E-state index contributed by atoms with van der Waals surface area (Å²) < 4.78 is 36.2. The smallest absolute Gasteiger partial charge is 0.370 e. The Balaban J connectivity index is 1.67.